The second-order valence-electron chi connectivity index (χ2n) is 7.43. The first-order valence-electron chi connectivity index (χ1n) is 9.91. The van der Waals surface area contributed by atoms with Crippen LogP contribution in [0.5, 0.6) is 0 Å². The molecule has 160 valence electrons. The van der Waals surface area contributed by atoms with Gasteiger partial charge in [0.05, 0.1) is 6.61 Å². The highest BCUT2D eigenvalue weighted by Gasteiger charge is 2.49. The molecule has 1 amide bonds. The van der Waals surface area contributed by atoms with Gasteiger partial charge in [-0.15, -0.1) is 0 Å². The van der Waals surface area contributed by atoms with E-state index in [0.29, 0.717) is 22.5 Å². The molecular formula is C24H24N2O5. The van der Waals surface area contributed by atoms with Crippen molar-refractivity contribution in [3.05, 3.63) is 71.4 Å². The summed E-state index contributed by atoms with van der Waals surface area (Å²) < 4.78 is 5.23. The number of carbonyl (C=O) groups excluding carboxylic acids is 4. The van der Waals surface area contributed by atoms with Crippen LogP contribution < -0.4 is 10.2 Å². The number of ketones is 2. The van der Waals surface area contributed by atoms with E-state index in [1.165, 1.54) is 24.8 Å². The fraction of sp³-hybridized carbons (Fsp3) is 0.250. The van der Waals surface area contributed by atoms with Gasteiger partial charge in [0.15, 0.2) is 17.1 Å². The first kappa shape index (κ1) is 22.0. The van der Waals surface area contributed by atoms with E-state index >= 15 is 0 Å². The van der Waals surface area contributed by atoms with Crippen molar-refractivity contribution in [1.82, 2.24) is 0 Å². The molecule has 1 atom stereocenters. The van der Waals surface area contributed by atoms with Gasteiger partial charge in [-0.1, -0.05) is 0 Å². The zero-order valence-corrected chi connectivity index (χ0v) is 17.9. The van der Waals surface area contributed by atoms with Crippen LogP contribution in [0.1, 0.15) is 48.4 Å². The molecular weight excluding hydrogens is 396 g/mol. The molecule has 1 N–H and O–H groups in total. The van der Waals surface area contributed by atoms with E-state index in [4.69, 9.17) is 4.74 Å². The van der Waals surface area contributed by atoms with Crippen LogP contribution in [-0.4, -0.2) is 35.6 Å². The van der Waals surface area contributed by atoms with Crippen molar-refractivity contribution in [1.29, 1.82) is 0 Å². The van der Waals surface area contributed by atoms with E-state index < -0.39 is 17.4 Å². The fourth-order valence-corrected chi connectivity index (χ4v) is 3.43. The zero-order chi connectivity index (χ0) is 22.8. The van der Waals surface area contributed by atoms with Crippen LogP contribution >= 0.6 is 0 Å². The number of ether oxygens (including phenoxy) is 1. The van der Waals surface area contributed by atoms with Gasteiger partial charge in [-0.3, -0.25) is 19.3 Å². The summed E-state index contributed by atoms with van der Waals surface area (Å²) in [6, 6.07) is 13.2. The summed E-state index contributed by atoms with van der Waals surface area (Å²) in [4.78, 5) is 50.5. The summed E-state index contributed by atoms with van der Waals surface area (Å²) in [5.41, 5.74) is 0.967. The van der Waals surface area contributed by atoms with Gasteiger partial charge in [-0.05, 0) is 82.3 Å². The van der Waals surface area contributed by atoms with Crippen LogP contribution in [0.2, 0.25) is 0 Å². The molecule has 0 saturated heterocycles. The van der Waals surface area contributed by atoms with E-state index in [0.717, 1.165) is 0 Å². The summed E-state index contributed by atoms with van der Waals surface area (Å²) >= 11 is 0. The van der Waals surface area contributed by atoms with Gasteiger partial charge < -0.3 is 10.1 Å². The second kappa shape index (κ2) is 8.55. The number of amides is 1. The Kier molecular flexibility index (Phi) is 6.06. The van der Waals surface area contributed by atoms with E-state index in [1.54, 1.807) is 62.4 Å². The minimum absolute atomic E-state index is 0.0576. The molecule has 1 heterocycles. The average Bonchev–Trinajstić information content (AvgIpc) is 2.99. The third-order valence-electron chi connectivity index (χ3n) is 5.11. The van der Waals surface area contributed by atoms with Gasteiger partial charge in [0, 0.05) is 22.5 Å². The smallest absolute Gasteiger partial charge is 0.336 e. The number of benzene rings is 2. The lowest BCUT2D eigenvalue weighted by Gasteiger charge is -2.32. The molecule has 0 fully saturated rings. The molecule has 0 bridgehead atoms. The maximum atomic E-state index is 13.3. The van der Waals surface area contributed by atoms with Crippen LogP contribution in [0, 0.1) is 0 Å². The number of esters is 1. The minimum atomic E-state index is -1.37. The molecule has 0 aromatic heterocycles. The summed E-state index contributed by atoms with van der Waals surface area (Å²) in [6.07, 6.45) is 1.53. The Morgan fingerprint density at radius 1 is 0.935 bits per heavy atom. The third-order valence-corrected chi connectivity index (χ3v) is 5.11. The first-order valence-corrected chi connectivity index (χ1v) is 9.91. The second-order valence-corrected chi connectivity index (χ2v) is 7.43. The lowest BCUT2D eigenvalue weighted by atomic mass is 10.0. The molecule has 0 saturated carbocycles. The maximum Gasteiger partial charge on any atom is 0.336 e. The summed E-state index contributed by atoms with van der Waals surface area (Å²) in [7, 11) is 0. The number of hydrogen-bond donors (Lipinski definition) is 1. The highest BCUT2D eigenvalue weighted by atomic mass is 16.5. The molecule has 3 rings (SSSR count). The normalized spacial score (nSPS) is 17.9. The van der Waals surface area contributed by atoms with Crippen molar-refractivity contribution < 1.29 is 23.9 Å². The van der Waals surface area contributed by atoms with E-state index in [1.807, 2.05) is 0 Å². The highest BCUT2D eigenvalue weighted by Crippen LogP contribution is 2.35. The average molecular weight is 420 g/mol. The van der Waals surface area contributed by atoms with Crippen molar-refractivity contribution in [2.75, 3.05) is 16.8 Å². The predicted molar refractivity (Wildman–Crippen MR) is 117 cm³/mol. The molecule has 1 aliphatic rings. The standard InChI is InChI=1S/C24H24N2O5/c1-5-31-23(30)24(4)14-21(25-19-10-6-17(7-11-19)15(2)27)22(29)26(24)20-12-8-18(9-13-20)16(3)28/h6-14,25H,5H2,1-4H3/t24-/m1/s1. The Hall–Kier alpha value is -3.74. The van der Waals surface area contributed by atoms with Crippen LogP contribution in [0.25, 0.3) is 0 Å². The van der Waals surface area contributed by atoms with Gasteiger partial charge in [-0.25, -0.2) is 4.79 Å². The molecule has 31 heavy (non-hydrogen) atoms. The number of hydrogen-bond acceptors (Lipinski definition) is 6. The van der Waals surface area contributed by atoms with Gasteiger partial charge in [0.1, 0.15) is 5.70 Å². The molecule has 1 aliphatic heterocycles. The SMILES string of the molecule is CCOC(=O)[C@@]1(C)C=C(Nc2ccc(C(C)=O)cc2)C(=O)N1c1ccc(C(C)=O)cc1. The van der Waals surface area contributed by atoms with Gasteiger partial charge in [0.2, 0.25) is 0 Å². The van der Waals surface area contributed by atoms with Gasteiger partial charge >= 0.3 is 5.97 Å². The van der Waals surface area contributed by atoms with Gasteiger partial charge in [0.25, 0.3) is 5.91 Å². The number of nitrogens with one attached hydrogen (secondary N) is 1. The molecule has 0 aliphatic carbocycles. The lowest BCUT2D eigenvalue weighted by Crippen LogP contribution is -2.51. The van der Waals surface area contributed by atoms with Crippen LogP contribution in [0.15, 0.2) is 60.3 Å². The summed E-state index contributed by atoms with van der Waals surface area (Å²) in [6.45, 7) is 6.41. The Labute approximate surface area is 180 Å². The Morgan fingerprint density at radius 2 is 1.45 bits per heavy atom. The van der Waals surface area contributed by atoms with Crippen LogP contribution in [0.3, 0.4) is 0 Å². The van der Waals surface area contributed by atoms with Crippen LogP contribution in [0.4, 0.5) is 11.4 Å². The quantitative estimate of drug-likeness (QED) is 0.542. The summed E-state index contributed by atoms with van der Waals surface area (Å²) in [5.74, 6) is -1.13. The monoisotopic (exact) mass is 420 g/mol. The Bertz CT molecular complexity index is 1070. The number of carbonyl (C=O) groups is 4. The molecule has 0 radical (unpaired) electrons. The largest absolute Gasteiger partial charge is 0.464 e. The van der Waals surface area contributed by atoms with Crippen molar-refractivity contribution in [3.63, 3.8) is 0 Å². The first-order chi connectivity index (χ1) is 14.7. The molecule has 0 unspecified atom stereocenters. The maximum absolute atomic E-state index is 13.3. The number of nitrogens with zero attached hydrogens (tertiary/aromatic N) is 1. The van der Waals surface area contributed by atoms with Gasteiger partial charge in [-0.2, -0.15) is 0 Å². The fourth-order valence-electron chi connectivity index (χ4n) is 3.43. The number of anilines is 2. The lowest BCUT2D eigenvalue weighted by molar-refractivity contribution is -0.147. The number of rotatable bonds is 7. The molecule has 2 aromatic rings. The highest BCUT2D eigenvalue weighted by molar-refractivity contribution is 6.16. The van der Waals surface area contributed by atoms with E-state index in [9.17, 15) is 19.2 Å². The van der Waals surface area contributed by atoms with E-state index in [2.05, 4.69) is 5.32 Å². The Balaban J connectivity index is 1.97. The van der Waals surface area contributed by atoms with Crippen molar-refractivity contribution in [3.8, 4) is 0 Å². The van der Waals surface area contributed by atoms with Crippen LogP contribution in [-0.2, 0) is 14.3 Å². The molecule has 0 spiro atoms. The Morgan fingerprint density at radius 3 is 1.94 bits per heavy atom. The van der Waals surface area contributed by atoms with Crippen molar-refractivity contribution >= 4 is 34.8 Å². The molecule has 2 aromatic carbocycles. The third kappa shape index (κ3) is 4.26. The van der Waals surface area contributed by atoms with Crippen molar-refractivity contribution in [2.45, 2.75) is 33.2 Å². The van der Waals surface area contributed by atoms with E-state index in [-0.39, 0.29) is 23.9 Å². The van der Waals surface area contributed by atoms with Crippen molar-refractivity contribution in [2.24, 2.45) is 0 Å². The topological polar surface area (TPSA) is 92.8 Å². The summed E-state index contributed by atoms with van der Waals surface area (Å²) in [5, 5.41) is 3.04. The molecule has 7 heteroatoms. The number of Topliss-reactive ketones (excluding diaryl/α,β-unsaturated/α-hetero) is 2. The zero-order valence-electron chi connectivity index (χ0n) is 17.9. The molecule has 7 nitrogen and oxygen atoms in total. The predicted octanol–water partition coefficient (Wildman–Crippen LogP) is 3.76. The minimum Gasteiger partial charge on any atom is -0.464 e.